The van der Waals surface area contributed by atoms with E-state index >= 15 is 0 Å². The standard InChI is InChI=1S/C13H23N/c1-2-3-4-9-13(14)11-10-12-7-5-6-8-12/h12-13H,4-11,14H2,1H3. The zero-order valence-corrected chi connectivity index (χ0v) is 9.39. The second kappa shape index (κ2) is 6.90. The van der Waals surface area contributed by atoms with Gasteiger partial charge in [-0.15, -0.1) is 11.8 Å². The lowest BCUT2D eigenvalue weighted by atomic mass is 9.97. The van der Waals surface area contributed by atoms with Gasteiger partial charge in [0.2, 0.25) is 0 Å². The third kappa shape index (κ3) is 4.67. The molecule has 0 aromatic heterocycles. The zero-order chi connectivity index (χ0) is 10.2. The van der Waals surface area contributed by atoms with E-state index in [0.717, 1.165) is 18.8 Å². The first kappa shape index (κ1) is 11.6. The van der Waals surface area contributed by atoms with Gasteiger partial charge in [-0.1, -0.05) is 25.7 Å². The molecule has 1 atom stereocenters. The third-order valence-electron chi connectivity index (χ3n) is 3.24. The summed E-state index contributed by atoms with van der Waals surface area (Å²) in [5.74, 6) is 6.98. The molecule has 1 aliphatic carbocycles. The van der Waals surface area contributed by atoms with E-state index in [1.807, 2.05) is 6.92 Å². The summed E-state index contributed by atoms with van der Waals surface area (Å²) < 4.78 is 0. The van der Waals surface area contributed by atoms with E-state index in [1.165, 1.54) is 38.5 Å². The molecule has 1 nitrogen and oxygen atoms in total. The molecule has 1 fully saturated rings. The highest BCUT2D eigenvalue weighted by atomic mass is 14.6. The van der Waals surface area contributed by atoms with Crippen LogP contribution < -0.4 is 5.73 Å². The second-order valence-corrected chi connectivity index (χ2v) is 4.45. The molecule has 0 radical (unpaired) electrons. The van der Waals surface area contributed by atoms with Gasteiger partial charge in [-0.25, -0.2) is 0 Å². The quantitative estimate of drug-likeness (QED) is 0.667. The van der Waals surface area contributed by atoms with Gasteiger partial charge in [-0.3, -0.25) is 0 Å². The Labute approximate surface area is 88.5 Å². The van der Waals surface area contributed by atoms with E-state index in [0.29, 0.717) is 6.04 Å². The van der Waals surface area contributed by atoms with Crippen LogP contribution in [0.15, 0.2) is 0 Å². The number of hydrogen-bond donors (Lipinski definition) is 1. The van der Waals surface area contributed by atoms with E-state index in [-0.39, 0.29) is 0 Å². The fourth-order valence-electron chi connectivity index (χ4n) is 2.28. The van der Waals surface area contributed by atoms with Crippen LogP contribution in [0.25, 0.3) is 0 Å². The van der Waals surface area contributed by atoms with Gasteiger partial charge in [0.25, 0.3) is 0 Å². The Hall–Kier alpha value is -0.480. The van der Waals surface area contributed by atoms with E-state index in [4.69, 9.17) is 5.73 Å². The topological polar surface area (TPSA) is 26.0 Å². The summed E-state index contributed by atoms with van der Waals surface area (Å²) in [6, 6.07) is 0.386. The summed E-state index contributed by atoms with van der Waals surface area (Å²) >= 11 is 0. The fraction of sp³-hybridized carbons (Fsp3) is 0.846. The average Bonchev–Trinajstić information content (AvgIpc) is 2.68. The molecule has 0 aromatic carbocycles. The van der Waals surface area contributed by atoms with Crippen molar-refractivity contribution in [3.8, 4) is 11.8 Å². The predicted octanol–water partition coefficient (Wildman–Crippen LogP) is 3.09. The lowest BCUT2D eigenvalue weighted by Gasteiger charge is -2.13. The Balaban J connectivity index is 2.00. The van der Waals surface area contributed by atoms with Gasteiger partial charge in [0.1, 0.15) is 0 Å². The summed E-state index contributed by atoms with van der Waals surface area (Å²) in [5.41, 5.74) is 6.02. The van der Waals surface area contributed by atoms with Gasteiger partial charge in [0, 0.05) is 12.5 Å². The first-order valence-electron chi connectivity index (χ1n) is 5.98. The molecule has 80 valence electrons. The van der Waals surface area contributed by atoms with E-state index in [2.05, 4.69) is 11.8 Å². The molecule has 0 saturated heterocycles. The highest BCUT2D eigenvalue weighted by Crippen LogP contribution is 2.28. The molecule has 0 bridgehead atoms. The lowest BCUT2D eigenvalue weighted by molar-refractivity contribution is 0.439. The molecule has 14 heavy (non-hydrogen) atoms. The van der Waals surface area contributed by atoms with Crippen molar-refractivity contribution in [2.75, 3.05) is 0 Å². The molecule has 1 unspecified atom stereocenters. The van der Waals surface area contributed by atoms with Crippen LogP contribution in [-0.2, 0) is 0 Å². The van der Waals surface area contributed by atoms with E-state index in [1.54, 1.807) is 0 Å². The SMILES string of the molecule is CC#CCCC(N)CCC1CCCC1. The summed E-state index contributed by atoms with van der Waals surface area (Å²) in [5, 5.41) is 0. The highest BCUT2D eigenvalue weighted by Gasteiger charge is 2.15. The van der Waals surface area contributed by atoms with Crippen LogP contribution in [0.5, 0.6) is 0 Å². The molecule has 0 amide bonds. The van der Waals surface area contributed by atoms with Crippen molar-refractivity contribution in [1.29, 1.82) is 0 Å². The molecule has 1 heteroatoms. The van der Waals surface area contributed by atoms with Gasteiger partial charge in [0.05, 0.1) is 0 Å². The van der Waals surface area contributed by atoms with Crippen LogP contribution in [0.4, 0.5) is 0 Å². The molecular weight excluding hydrogens is 170 g/mol. The normalized spacial score (nSPS) is 19.0. The maximum Gasteiger partial charge on any atom is 0.0103 e. The lowest BCUT2D eigenvalue weighted by Crippen LogP contribution is -2.20. The number of nitrogens with two attached hydrogens (primary N) is 1. The maximum atomic E-state index is 6.02. The first-order valence-corrected chi connectivity index (χ1v) is 5.98. The zero-order valence-electron chi connectivity index (χ0n) is 9.39. The summed E-state index contributed by atoms with van der Waals surface area (Å²) in [7, 11) is 0. The fourth-order valence-corrected chi connectivity index (χ4v) is 2.28. The van der Waals surface area contributed by atoms with Crippen molar-refractivity contribution in [2.45, 2.75) is 64.3 Å². The second-order valence-electron chi connectivity index (χ2n) is 4.45. The molecule has 0 aliphatic heterocycles. The Kier molecular flexibility index (Phi) is 5.71. The molecule has 0 aromatic rings. The maximum absolute atomic E-state index is 6.02. The molecule has 1 rings (SSSR count). The minimum Gasteiger partial charge on any atom is -0.328 e. The molecule has 0 spiro atoms. The van der Waals surface area contributed by atoms with Crippen LogP contribution >= 0.6 is 0 Å². The number of hydrogen-bond acceptors (Lipinski definition) is 1. The van der Waals surface area contributed by atoms with Gasteiger partial charge in [-0.05, 0) is 32.1 Å². The molecule has 1 aliphatic rings. The van der Waals surface area contributed by atoms with Crippen molar-refractivity contribution in [3.05, 3.63) is 0 Å². The summed E-state index contributed by atoms with van der Waals surface area (Å²) in [6.07, 6.45) is 10.4. The Morgan fingerprint density at radius 1 is 1.29 bits per heavy atom. The van der Waals surface area contributed by atoms with Crippen LogP contribution in [0.1, 0.15) is 58.3 Å². The van der Waals surface area contributed by atoms with Gasteiger partial charge in [-0.2, -0.15) is 0 Å². The third-order valence-corrected chi connectivity index (χ3v) is 3.24. The smallest absolute Gasteiger partial charge is 0.0103 e. The minimum atomic E-state index is 0.386. The van der Waals surface area contributed by atoms with Gasteiger partial charge >= 0.3 is 0 Å². The van der Waals surface area contributed by atoms with Gasteiger partial charge in [0.15, 0.2) is 0 Å². The van der Waals surface area contributed by atoms with Crippen LogP contribution in [0.3, 0.4) is 0 Å². The molecule has 0 heterocycles. The largest absolute Gasteiger partial charge is 0.328 e. The first-order chi connectivity index (χ1) is 6.83. The van der Waals surface area contributed by atoms with Crippen molar-refractivity contribution in [1.82, 2.24) is 0 Å². The van der Waals surface area contributed by atoms with Crippen molar-refractivity contribution in [2.24, 2.45) is 11.7 Å². The summed E-state index contributed by atoms with van der Waals surface area (Å²) in [6.45, 7) is 1.89. The Bertz CT molecular complexity index is 193. The van der Waals surface area contributed by atoms with Gasteiger partial charge < -0.3 is 5.73 Å². The predicted molar refractivity (Wildman–Crippen MR) is 61.9 cm³/mol. The Morgan fingerprint density at radius 3 is 2.64 bits per heavy atom. The minimum absolute atomic E-state index is 0.386. The average molecular weight is 193 g/mol. The van der Waals surface area contributed by atoms with E-state index < -0.39 is 0 Å². The highest BCUT2D eigenvalue weighted by molar-refractivity contribution is 4.95. The molecule has 2 N–H and O–H groups in total. The summed E-state index contributed by atoms with van der Waals surface area (Å²) in [4.78, 5) is 0. The van der Waals surface area contributed by atoms with Crippen molar-refractivity contribution >= 4 is 0 Å². The monoisotopic (exact) mass is 193 g/mol. The molecular formula is C13H23N. The van der Waals surface area contributed by atoms with Crippen molar-refractivity contribution < 1.29 is 0 Å². The van der Waals surface area contributed by atoms with E-state index in [9.17, 15) is 0 Å². The van der Waals surface area contributed by atoms with Crippen LogP contribution in [0.2, 0.25) is 0 Å². The van der Waals surface area contributed by atoms with Crippen LogP contribution in [-0.4, -0.2) is 6.04 Å². The van der Waals surface area contributed by atoms with Crippen molar-refractivity contribution in [3.63, 3.8) is 0 Å². The molecule has 1 saturated carbocycles. The Morgan fingerprint density at radius 2 is 2.00 bits per heavy atom. The number of rotatable bonds is 5. The van der Waals surface area contributed by atoms with Crippen LogP contribution in [0, 0.1) is 17.8 Å².